The number of aromatic nitrogens is 1. The Hall–Kier alpha value is -0.600. The first-order chi connectivity index (χ1) is 9.20. The molecule has 1 atom stereocenters. The first-order valence-electron chi connectivity index (χ1n) is 5.75. The third-order valence-electron chi connectivity index (χ3n) is 2.48. The molecule has 0 fully saturated rings. The zero-order valence-electron chi connectivity index (χ0n) is 10.9. The fourth-order valence-corrected chi connectivity index (χ4v) is 3.41. The van der Waals surface area contributed by atoms with Gasteiger partial charge in [-0.3, -0.25) is 4.79 Å². The first-order valence-corrected chi connectivity index (χ1v) is 8.91. The number of anilines is 1. The van der Waals surface area contributed by atoms with E-state index in [0.29, 0.717) is 11.6 Å². The molecule has 1 amide bonds. The molecule has 0 saturated carbocycles. The van der Waals surface area contributed by atoms with Crippen molar-refractivity contribution < 1.29 is 4.79 Å². The molecule has 0 radical (unpaired) electrons. The van der Waals surface area contributed by atoms with E-state index in [2.05, 4.69) is 10.3 Å². The SMILES string of the molecule is CSCC[C@H](N)C(=O)Nc1nc(-c2cccs2)cs1.Cl. The average Bonchev–Trinajstić information content (AvgIpc) is 3.05. The maximum atomic E-state index is 11.8. The van der Waals surface area contributed by atoms with Gasteiger partial charge in [-0.2, -0.15) is 11.8 Å². The molecule has 0 aromatic carbocycles. The Bertz CT molecular complexity index is 530. The molecular formula is C12H16ClN3OS3. The number of nitrogens with zero attached hydrogens (tertiary/aromatic N) is 1. The minimum atomic E-state index is -0.471. The van der Waals surface area contributed by atoms with Crippen LogP contribution in [0.3, 0.4) is 0 Å². The Morgan fingerprint density at radius 3 is 3.00 bits per heavy atom. The van der Waals surface area contributed by atoms with Crippen molar-refractivity contribution in [2.75, 3.05) is 17.3 Å². The van der Waals surface area contributed by atoms with E-state index in [1.54, 1.807) is 23.1 Å². The van der Waals surface area contributed by atoms with E-state index in [1.807, 2.05) is 29.1 Å². The molecule has 0 aliphatic rings. The van der Waals surface area contributed by atoms with Crippen molar-refractivity contribution in [2.24, 2.45) is 5.73 Å². The van der Waals surface area contributed by atoms with Gasteiger partial charge in [-0.25, -0.2) is 4.98 Å². The molecule has 4 nitrogen and oxygen atoms in total. The Labute approximate surface area is 136 Å². The van der Waals surface area contributed by atoms with Gasteiger partial charge in [0.15, 0.2) is 5.13 Å². The van der Waals surface area contributed by atoms with Gasteiger partial charge in [-0.1, -0.05) is 6.07 Å². The highest BCUT2D eigenvalue weighted by Crippen LogP contribution is 2.28. The van der Waals surface area contributed by atoms with Crippen molar-refractivity contribution >= 4 is 57.9 Å². The number of thioether (sulfide) groups is 1. The summed E-state index contributed by atoms with van der Waals surface area (Å²) < 4.78 is 0. The van der Waals surface area contributed by atoms with E-state index in [1.165, 1.54) is 11.3 Å². The van der Waals surface area contributed by atoms with Crippen molar-refractivity contribution in [3.8, 4) is 10.6 Å². The van der Waals surface area contributed by atoms with Crippen LogP contribution in [0.4, 0.5) is 5.13 Å². The standard InChI is InChI=1S/C12H15N3OS3.ClH/c1-17-6-4-8(13)11(16)15-12-14-9(7-19-12)10-3-2-5-18-10;/h2-3,5,7-8H,4,6,13H2,1H3,(H,14,15,16);1H/t8-;/m0./s1. The lowest BCUT2D eigenvalue weighted by atomic mass is 10.2. The van der Waals surface area contributed by atoms with Gasteiger partial charge in [0.1, 0.15) is 0 Å². The van der Waals surface area contributed by atoms with Crippen LogP contribution in [-0.2, 0) is 4.79 Å². The summed E-state index contributed by atoms with van der Waals surface area (Å²) in [6, 6.07) is 3.52. The molecule has 2 aromatic heterocycles. The van der Waals surface area contributed by atoms with Gasteiger partial charge in [0.25, 0.3) is 0 Å². The van der Waals surface area contributed by atoms with Gasteiger partial charge in [-0.15, -0.1) is 35.1 Å². The number of thiazole rings is 1. The Morgan fingerprint density at radius 1 is 1.55 bits per heavy atom. The number of nitrogens with one attached hydrogen (secondary N) is 1. The molecule has 110 valence electrons. The number of rotatable bonds is 6. The molecule has 0 saturated heterocycles. The number of amides is 1. The predicted octanol–water partition coefficient (Wildman–Crippen LogP) is 3.31. The Morgan fingerprint density at radius 2 is 2.35 bits per heavy atom. The lowest BCUT2D eigenvalue weighted by molar-refractivity contribution is -0.117. The predicted molar refractivity (Wildman–Crippen MR) is 92.3 cm³/mol. The van der Waals surface area contributed by atoms with E-state index >= 15 is 0 Å². The molecule has 0 aliphatic carbocycles. The fraction of sp³-hybridized carbons (Fsp3) is 0.333. The second-order valence-corrected chi connectivity index (χ2v) is 6.68. The monoisotopic (exact) mass is 349 g/mol. The summed E-state index contributed by atoms with van der Waals surface area (Å²) in [6.07, 6.45) is 2.68. The summed E-state index contributed by atoms with van der Waals surface area (Å²) in [4.78, 5) is 17.3. The Kier molecular flexibility index (Phi) is 7.53. The van der Waals surface area contributed by atoms with Crippen LogP contribution >= 0.6 is 46.8 Å². The summed E-state index contributed by atoms with van der Waals surface area (Å²) in [5, 5.41) is 7.32. The summed E-state index contributed by atoms with van der Waals surface area (Å²) in [5.41, 5.74) is 6.70. The molecular weight excluding hydrogens is 334 g/mol. The number of hydrogen-bond acceptors (Lipinski definition) is 6. The summed E-state index contributed by atoms with van der Waals surface area (Å²) >= 11 is 4.73. The van der Waals surface area contributed by atoms with Gasteiger partial charge >= 0.3 is 0 Å². The molecule has 3 N–H and O–H groups in total. The largest absolute Gasteiger partial charge is 0.320 e. The first kappa shape index (κ1) is 17.5. The normalized spacial score (nSPS) is 11.7. The molecule has 2 aromatic rings. The zero-order chi connectivity index (χ0) is 13.7. The van der Waals surface area contributed by atoms with Crippen LogP contribution in [0, 0.1) is 0 Å². The van der Waals surface area contributed by atoms with Crippen molar-refractivity contribution in [1.29, 1.82) is 0 Å². The molecule has 20 heavy (non-hydrogen) atoms. The van der Waals surface area contributed by atoms with Crippen LogP contribution in [0.5, 0.6) is 0 Å². The van der Waals surface area contributed by atoms with E-state index in [-0.39, 0.29) is 18.3 Å². The van der Waals surface area contributed by atoms with E-state index in [0.717, 1.165) is 16.3 Å². The smallest absolute Gasteiger partial charge is 0.243 e. The Balaban J connectivity index is 0.00000200. The van der Waals surface area contributed by atoms with Crippen LogP contribution in [0.15, 0.2) is 22.9 Å². The topological polar surface area (TPSA) is 68.0 Å². The van der Waals surface area contributed by atoms with Crippen LogP contribution in [0.2, 0.25) is 0 Å². The summed E-state index contributed by atoms with van der Waals surface area (Å²) in [5.74, 6) is 0.716. The molecule has 0 unspecified atom stereocenters. The highest BCUT2D eigenvalue weighted by molar-refractivity contribution is 7.98. The van der Waals surface area contributed by atoms with Crippen LogP contribution in [0.25, 0.3) is 10.6 Å². The summed E-state index contributed by atoms with van der Waals surface area (Å²) in [7, 11) is 0. The van der Waals surface area contributed by atoms with Crippen molar-refractivity contribution in [1.82, 2.24) is 4.98 Å². The summed E-state index contributed by atoms with van der Waals surface area (Å²) in [6.45, 7) is 0. The third kappa shape index (κ3) is 4.75. The average molecular weight is 350 g/mol. The molecule has 2 heterocycles. The lowest BCUT2D eigenvalue weighted by Gasteiger charge is -2.09. The van der Waals surface area contributed by atoms with Crippen LogP contribution < -0.4 is 11.1 Å². The molecule has 0 aliphatic heterocycles. The lowest BCUT2D eigenvalue weighted by Crippen LogP contribution is -2.36. The minimum Gasteiger partial charge on any atom is -0.320 e. The van der Waals surface area contributed by atoms with Crippen molar-refractivity contribution in [3.63, 3.8) is 0 Å². The van der Waals surface area contributed by atoms with E-state index in [9.17, 15) is 4.79 Å². The highest BCUT2D eigenvalue weighted by Gasteiger charge is 2.15. The molecule has 2 rings (SSSR count). The molecule has 0 bridgehead atoms. The van der Waals surface area contributed by atoms with E-state index < -0.39 is 6.04 Å². The van der Waals surface area contributed by atoms with Crippen LogP contribution in [-0.4, -0.2) is 28.9 Å². The third-order valence-corrected chi connectivity index (χ3v) is 4.77. The second kappa shape index (κ2) is 8.63. The number of halogens is 1. The maximum Gasteiger partial charge on any atom is 0.243 e. The van der Waals surface area contributed by atoms with Gasteiger partial charge in [0.05, 0.1) is 16.6 Å². The zero-order valence-corrected chi connectivity index (χ0v) is 14.1. The van der Waals surface area contributed by atoms with Gasteiger partial charge in [0, 0.05) is 5.38 Å². The number of thiophene rings is 1. The second-order valence-electron chi connectivity index (χ2n) is 3.89. The maximum absolute atomic E-state index is 11.8. The quantitative estimate of drug-likeness (QED) is 0.839. The van der Waals surface area contributed by atoms with Crippen molar-refractivity contribution in [3.05, 3.63) is 22.9 Å². The highest BCUT2D eigenvalue weighted by atomic mass is 35.5. The van der Waals surface area contributed by atoms with Gasteiger partial charge < -0.3 is 11.1 Å². The van der Waals surface area contributed by atoms with Crippen molar-refractivity contribution in [2.45, 2.75) is 12.5 Å². The number of nitrogens with two attached hydrogens (primary N) is 1. The molecule has 8 heteroatoms. The fourth-order valence-electron chi connectivity index (χ4n) is 1.44. The van der Waals surface area contributed by atoms with Gasteiger partial charge in [0.2, 0.25) is 5.91 Å². The van der Waals surface area contributed by atoms with E-state index in [4.69, 9.17) is 5.73 Å². The number of carbonyl (C=O) groups excluding carboxylic acids is 1. The number of carbonyl (C=O) groups is 1. The van der Waals surface area contributed by atoms with Crippen LogP contribution in [0.1, 0.15) is 6.42 Å². The minimum absolute atomic E-state index is 0. The number of hydrogen-bond donors (Lipinski definition) is 2. The molecule has 0 spiro atoms. The van der Waals surface area contributed by atoms with Gasteiger partial charge in [-0.05, 0) is 29.9 Å².